The van der Waals surface area contributed by atoms with E-state index < -0.39 is 11.8 Å². The van der Waals surface area contributed by atoms with E-state index in [1.807, 2.05) is 6.07 Å². The third-order valence-corrected chi connectivity index (χ3v) is 5.14. The molecule has 9 nitrogen and oxygen atoms in total. The van der Waals surface area contributed by atoms with E-state index in [2.05, 4.69) is 10.2 Å². The van der Waals surface area contributed by atoms with Gasteiger partial charge in [0.1, 0.15) is 13.2 Å². The molecule has 0 atom stereocenters. The zero-order valence-corrected chi connectivity index (χ0v) is 18.1. The van der Waals surface area contributed by atoms with Crippen molar-refractivity contribution in [3.8, 4) is 5.75 Å². The molecular weight excluding hydrogens is 437 g/mol. The van der Waals surface area contributed by atoms with Crippen LogP contribution in [0.15, 0.2) is 59.8 Å². The van der Waals surface area contributed by atoms with Gasteiger partial charge in [0.25, 0.3) is 0 Å². The Kier molecular flexibility index (Phi) is 8.03. The lowest BCUT2D eigenvalue weighted by Crippen LogP contribution is -2.37. The minimum absolute atomic E-state index is 0.0438. The molecule has 0 aliphatic rings. The minimum atomic E-state index is -0.510. The Hall–Kier alpha value is -3.60. The Labute approximate surface area is 188 Å². The van der Waals surface area contributed by atoms with Gasteiger partial charge in [-0.1, -0.05) is 42.1 Å². The lowest BCUT2D eigenvalue weighted by molar-refractivity contribution is -0.142. The largest absolute Gasteiger partial charge is 0.482 e. The van der Waals surface area contributed by atoms with Crippen LogP contribution in [0.25, 0.3) is 0 Å². The number of carbonyl (C=O) groups is 2. The number of rotatable bonds is 10. The summed E-state index contributed by atoms with van der Waals surface area (Å²) in [4.78, 5) is 26.2. The predicted octanol–water partition coefficient (Wildman–Crippen LogP) is 2.40. The van der Waals surface area contributed by atoms with Crippen LogP contribution in [0, 0.1) is 5.82 Å². The molecule has 0 radical (unpaired) electrons. The van der Waals surface area contributed by atoms with E-state index in [0.29, 0.717) is 5.69 Å². The van der Waals surface area contributed by atoms with Crippen molar-refractivity contribution in [3.63, 3.8) is 0 Å². The molecule has 11 heteroatoms. The maximum atomic E-state index is 13.7. The normalized spacial score (nSPS) is 10.6. The number of para-hydroxylation sites is 2. The molecule has 32 heavy (non-hydrogen) atoms. The van der Waals surface area contributed by atoms with Gasteiger partial charge in [-0.25, -0.2) is 9.07 Å². The van der Waals surface area contributed by atoms with Crippen molar-refractivity contribution in [2.45, 2.75) is 18.7 Å². The third-order valence-electron chi connectivity index (χ3n) is 4.21. The van der Waals surface area contributed by atoms with Crippen LogP contribution in [0.3, 0.4) is 0 Å². The molecule has 3 rings (SSSR count). The molecule has 3 aromatic rings. The Morgan fingerprint density at radius 2 is 1.84 bits per heavy atom. The zero-order valence-electron chi connectivity index (χ0n) is 17.3. The molecule has 1 aromatic heterocycles. The second-order valence-electron chi connectivity index (χ2n) is 6.40. The van der Waals surface area contributed by atoms with Gasteiger partial charge < -0.3 is 20.2 Å². The number of aromatic nitrogens is 3. The predicted molar refractivity (Wildman–Crippen MR) is 117 cm³/mol. The van der Waals surface area contributed by atoms with E-state index in [1.54, 1.807) is 43.3 Å². The number of nitrogen functional groups attached to an aromatic ring is 1. The number of halogens is 1. The van der Waals surface area contributed by atoms with Crippen LogP contribution in [0.4, 0.5) is 10.1 Å². The zero-order chi connectivity index (χ0) is 22.9. The van der Waals surface area contributed by atoms with Crippen LogP contribution in [0.5, 0.6) is 5.75 Å². The number of benzene rings is 2. The SMILES string of the molecule is CCOC(=O)CN(C(=O)CSc1nnc(COc2ccccc2F)n1N)c1ccccc1. The fourth-order valence-corrected chi connectivity index (χ4v) is 3.43. The summed E-state index contributed by atoms with van der Waals surface area (Å²) in [5, 5.41) is 8.17. The Balaban J connectivity index is 1.63. The van der Waals surface area contributed by atoms with Crippen molar-refractivity contribution < 1.29 is 23.5 Å². The number of anilines is 1. The fraction of sp³-hybridized carbons (Fsp3) is 0.238. The minimum Gasteiger partial charge on any atom is -0.482 e. The Morgan fingerprint density at radius 1 is 1.12 bits per heavy atom. The lowest BCUT2D eigenvalue weighted by Gasteiger charge is -2.21. The molecule has 1 heterocycles. The van der Waals surface area contributed by atoms with Crippen molar-refractivity contribution in [2.24, 2.45) is 0 Å². The van der Waals surface area contributed by atoms with Gasteiger partial charge in [-0.05, 0) is 31.2 Å². The van der Waals surface area contributed by atoms with Gasteiger partial charge in [0.2, 0.25) is 11.1 Å². The van der Waals surface area contributed by atoms with Crippen LogP contribution >= 0.6 is 11.8 Å². The molecule has 1 amide bonds. The molecule has 0 saturated heterocycles. The van der Waals surface area contributed by atoms with Crippen LogP contribution in [0.2, 0.25) is 0 Å². The summed E-state index contributed by atoms with van der Waals surface area (Å²) in [6.07, 6.45) is 0. The van der Waals surface area contributed by atoms with Crippen LogP contribution in [0.1, 0.15) is 12.7 Å². The van der Waals surface area contributed by atoms with E-state index in [9.17, 15) is 14.0 Å². The summed E-state index contributed by atoms with van der Waals surface area (Å²) in [5.74, 6) is 4.94. The summed E-state index contributed by atoms with van der Waals surface area (Å²) in [6.45, 7) is 1.61. The van der Waals surface area contributed by atoms with Crippen LogP contribution in [-0.4, -0.2) is 45.7 Å². The number of esters is 1. The van der Waals surface area contributed by atoms with E-state index in [-0.39, 0.29) is 48.1 Å². The molecule has 0 unspecified atom stereocenters. The average Bonchev–Trinajstić information content (AvgIpc) is 3.15. The van der Waals surface area contributed by atoms with Crippen molar-refractivity contribution in [1.29, 1.82) is 0 Å². The van der Waals surface area contributed by atoms with Crippen molar-refractivity contribution in [2.75, 3.05) is 29.6 Å². The first kappa shape index (κ1) is 23.1. The molecular formula is C21H22FN5O4S. The second-order valence-corrected chi connectivity index (χ2v) is 7.34. The first-order chi connectivity index (χ1) is 15.5. The van der Waals surface area contributed by atoms with Gasteiger partial charge in [-0.3, -0.25) is 9.59 Å². The van der Waals surface area contributed by atoms with Gasteiger partial charge in [0.15, 0.2) is 17.4 Å². The number of ether oxygens (including phenoxy) is 2. The second kappa shape index (κ2) is 11.1. The van der Waals surface area contributed by atoms with Crippen molar-refractivity contribution in [3.05, 3.63) is 66.2 Å². The fourth-order valence-electron chi connectivity index (χ4n) is 2.68. The number of carbonyl (C=O) groups excluding carboxylic acids is 2. The summed E-state index contributed by atoms with van der Waals surface area (Å²) >= 11 is 1.06. The first-order valence-corrected chi connectivity index (χ1v) is 10.7. The van der Waals surface area contributed by atoms with E-state index >= 15 is 0 Å². The van der Waals surface area contributed by atoms with Gasteiger partial charge >= 0.3 is 5.97 Å². The lowest BCUT2D eigenvalue weighted by atomic mass is 10.3. The molecule has 0 aliphatic heterocycles. The highest BCUT2D eigenvalue weighted by Crippen LogP contribution is 2.21. The van der Waals surface area contributed by atoms with Gasteiger partial charge in [-0.2, -0.15) is 0 Å². The van der Waals surface area contributed by atoms with Crippen LogP contribution < -0.4 is 15.5 Å². The topological polar surface area (TPSA) is 113 Å². The highest BCUT2D eigenvalue weighted by atomic mass is 32.2. The van der Waals surface area contributed by atoms with Crippen LogP contribution in [-0.2, 0) is 20.9 Å². The number of nitrogens with zero attached hydrogens (tertiary/aromatic N) is 4. The average molecular weight is 460 g/mol. The number of thioether (sulfide) groups is 1. The summed E-state index contributed by atoms with van der Waals surface area (Å²) in [5.41, 5.74) is 0.569. The van der Waals surface area contributed by atoms with Gasteiger partial charge in [-0.15, -0.1) is 10.2 Å². The number of hydrogen-bond donors (Lipinski definition) is 1. The van der Waals surface area contributed by atoms with Crippen molar-refractivity contribution in [1.82, 2.24) is 14.9 Å². The Bertz CT molecular complexity index is 1060. The monoisotopic (exact) mass is 459 g/mol. The standard InChI is InChI=1S/C21H22FN5O4S/c1-2-30-20(29)12-26(15-8-4-3-5-9-15)19(28)14-32-21-25-24-18(27(21)23)13-31-17-11-7-6-10-16(17)22/h3-11H,2,12-14,23H2,1H3. The maximum Gasteiger partial charge on any atom is 0.326 e. The summed E-state index contributed by atoms with van der Waals surface area (Å²) in [7, 11) is 0. The highest BCUT2D eigenvalue weighted by molar-refractivity contribution is 7.99. The van der Waals surface area contributed by atoms with E-state index in [4.69, 9.17) is 15.3 Å². The third kappa shape index (κ3) is 5.97. The first-order valence-electron chi connectivity index (χ1n) is 9.70. The molecule has 0 bridgehead atoms. The highest BCUT2D eigenvalue weighted by Gasteiger charge is 2.21. The van der Waals surface area contributed by atoms with Crippen molar-refractivity contribution >= 4 is 29.3 Å². The summed E-state index contributed by atoms with van der Waals surface area (Å²) in [6, 6.07) is 14.8. The van der Waals surface area contributed by atoms with E-state index in [0.717, 1.165) is 11.8 Å². The van der Waals surface area contributed by atoms with E-state index in [1.165, 1.54) is 21.7 Å². The Morgan fingerprint density at radius 3 is 2.56 bits per heavy atom. The molecule has 0 fully saturated rings. The number of nitrogens with two attached hydrogens (primary N) is 1. The maximum absolute atomic E-state index is 13.7. The number of hydrogen-bond acceptors (Lipinski definition) is 8. The molecule has 2 aromatic carbocycles. The number of amides is 1. The summed E-state index contributed by atoms with van der Waals surface area (Å²) < 4.78 is 25.2. The molecule has 168 valence electrons. The molecule has 0 saturated carbocycles. The smallest absolute Gasteiger partial charge is 0.326 e. The van der Waals surface area contributed by atoms with Gasteiger partial charge in [0.05, 0.1) is 12.4 Å². The molecule has 0 aliphatic carbocycles. The van der Waals surface area contributed by atoms with Gasteiger partial charge in [0, 0.05) is 5.69 Å². The quantitative estimate of drug-likeness (QED) is 0.279. The molecule has 0 spiro atoms. The molecule has 2 N–H and O–H groups in total.